The Labute approximate surface area is 246 Å². The van der Waals surface area contributed by atoms with Crippen LogP contribution in [0, 0.1) is 5.92 Å². The van der Waals surface area contributed by atoms with E-state index in [2.05, 4.69) is 45.0 Å². The first-order chi connectivity index (χ1) is 19.2. The highest BCUT2D eigenvalue weighted by atomic mass is 35.5. The maximum atomic E-state index is 13.8. The van der Waals surface area contributed by atoms with Crippen molar-refractivity contribution < 1.29 is 27.1 Å². The number of methoxy groups -OCH3 is 1. The number of esters is 1. The Balaban J connectivity index is 1.76. The second-order valence-corrected chi connectivity index (χ2v) is 16.6. The Kier molecular flexibility index (Phi) is 8.93. The molecule has 3 aromatic rings. The van der Waals surface area contributed by atoms with Gasteiger partial charge in [-0.05, 0) is 51.9 Å². The summed E-state index contributed by atoms with van der Waals surface area (Å²) in [6.07, 6.45) is -1.88. The minimum atomic E-state index is -4.63. The van der Waals surface area contributed by atoms with Crippen LogP contribution in [0.5, 0.6) is 0 Å². The van der Waals surface area contributed by atoms with Gasteiger partial charge in [-0.2, -0.15) is 13.2 Å². The first kappa shape index (κ1) is 31.1. The average molecular weight is 601 g/mol. The van der Waals surface area contributed by atoms with E-state index in [1.807, 2.05) is 36.4 Å². The second kappa shape index (κ2) is 11.8. The third-order valence-electron chi connectivity index (χ3n) is 8.21. The fourth-order valence-electron chi connectivity index (χ4n) is 6.19. The molecule has 41 heavy (non-hydrogen) atoms. The van der Waals surface area contributed by atoms with E-state index in [0.29, 0.717) is 30.6 Å². The average Bonchev–Trinajstić information content (AvgIpc) is 2.93. The summed E-state index contributed by atoms with van der Waals surface area (Å²) in [5.74, 6) is -0.609. The fourth-order valence-corrected chi connectivity index (χ4v) is 11.1. The molecule has 0 bridgehead atoms. The standard InChI is InChI=1S/C33H36ClF3O3Si/c1-31(2,3)41(25-12-8-6-9-13-25,26-14-10-7-11-15-26)40-22-23-16-18-27(30(38)39-5)32(4,21-23)24-17-19-29(34)28(20-24)33(35,36)37/h6-15,17-20,23H,16,21-22H2,1-5H3. The Morgan fingerprint density at radius 1 is 0.976 bits per heavy atom. The van der Waals surface area contributed by atoms with Gasteiger partial charge in [0.15, 0.2) is 0 Å². The molecule has 0 aromatic heterocycles. The number of hydrogen-bond donors (Lipinski definition) is 0. The van der Waals surface area contributed by atoms with Crippen molar-refractivity contribution in [2.45, 2.75) is 57.2 Å². The van der Waals surface area contributed by atoms with Crippen molar-refractivity contribution in [1.29, 1.82) is 0 Å². The number of rotatable bonds is 7. The summed E-state index contributed by atoms with van der Waals surface area (Å²) in [4.78, 5) is 12.9. The fraction of sp³-hybridized carbons (Fsp3) is 0.364. The van der Waals surface area contributed by atoms with Gasteiger partial charge in [0.1, 0.15) is 0 Å². The van der Waals surface area contributed by atoms with Gasteiger partial charge in [-0.1, -0.05) is 112 Å². The molecule has 2 atom stereocenters. The summed E-state index contributed by atoms with van der Waals surface area (Å²) in [5, 5.41) is 1.69. The van der Waals surface area contributed by atoms with Gasteiger partial charge in [0.05, 0.1) is 17.7 Å². The molecule has 218 valence electrons. The van der Waals surface area contributed by atoms with E-state index in [1.54, 1.807) is 19.1 Å². The van der Waals surface area contributed by atoms with E-state index in [-0.39, 0.29) is 16.0 Å². The van der Waals surface area contributed by atoms with Gasteiger partial charge in [-0.25, -0.2) is 4.79 Å². The number of carbonyl (C=O) groups is 1. The Morgan fingerprint density at radius 2 is 1.54 bits per heavy atom. The second-order valence-electron chi connectivity index (χ2n) is 11.9. The minimum Gasteiger partial charge on any atom is -0.466 e. The van der Waals surface area contributed by atoms with Gasteiger partial charge >= 0.3 is 12.1 Å². The molecule has 4 rings (SSSR count). The summed E-state index contributed by atoms with van der Waals surface area (Å²) in [6.45, 7) is 8.78. The SMILES string of the molecule is COC(=O)C1=CCC(CO[Si](c2ccccc2)(c2ccccc2)C(C)(C)C)CC1(C)c1ccc(Cl)c(C(F)(F)F)c1. The number of hydrogen-bond acceptors (Lipinski definition) is 3. The molecular formula is C33H36ClF3O3Si. The predicted molar refractivity (Wildman–Crippen MR) is 160 cm³/mol. The molecule has 0 saturated carbocycles. The molecule has 1 aliphatic rings. The van der Waals surface area contributed by atoms with Crippen molar-refractivity contribution in [1.82, 2.24) is 0 Å². The van der Waals surface area contributed by atoms with E-state index < -0.39 is 31.4 Å². The van der Waals surface area contributed by atoms with Crippen molar-refractivity contribution >= 4 is 36.3 Å². The lowest BCUT2D eigenvalue weighted by Crippen LogP contribution is -2.67. The van der Waals surface area contributed by atoms with Crippen molar-refractivity contribution in [3.63, 3.8) is 0 Å². The lowest BCUT2D eigenvalue weighted by molar-refractivity contribution is -0.137. The summed E-state index contributed by atoms with van der Waals surface area (Å²) < 4.78 is 53.6. The van der Waals surface area contributed by atoms with Crippen molar-refractivity contribution in [3.05, 3.63) is 107 Å². The van der Waals surface area contributed by atoms with E-state index in [9.17, 15) is 18.0 Å². The molecule has 3 aromatic carbocycles. The zero-order valence-corrected chi connectivity index (χ0v) is 25.8. The third-order valence-corrected chi connectivity index (χ3v) is 13.5. The molecule has 2 unspecified atom stereocenters. The van der Waals surface area contributed by atoms with Crippen LogP contribution < -0.4 is 10.4 Å². The van der Waals surface area contributed by atoms with E-state index in [4.69, 9.17) is 20.8 Å². The van der Waals surface area contributed by atoms with Crippen molar-refractivity contribution in [3.8, 4) is 0 Å². The van der Waals surface area contributed by atoms with Gasteiger partial charge < -0.3 is 9.16 Å². The normalized spacial score (nSPS) is 19.9. The van der Waals surface area contributed by atoms with Gasteiger partial charge in [-0.3, -0.25) is 0 Å². The van der Waals surface area contributed by atoms with Gasteiger partial charge in [0.2, 0.25) is 0 Å². The topological polar surface area (TPSA) is 35.5 Å². The van der Waals surface area contributed by atoms with Crippen LogP contribution in [0.1, 0.15) is 51.7 Å². The van der Waals surface area contributed by atoms with E-state index in [1.165, 1.54) is 13.2 Å². The highest BCUT2D eigenvalue weighted by molar-refractivity contribution is 6.99. The molecule has 0 heterocycles. The summed E-state index contributed by atoms with van der Waals surface area (Å²) in [7, 11) is -1.54. The number of halogens is 4. The Hall–Kier alpha value is -2.87. The smallest absolute Gasteiger partial charge is 0.417 e. The van der Waals surface area contributed by atoms with Crippen molar-refractivity contribution in [2.24, 2.45) is 5.92 Å². The Morgan fingerprint density at radius 3 is 2.02 bits per heavy atom. The largest absolute Gasteiger partial charge is 0.466 e. The molecule has 0 amide bonds. The van der Waals surface area contributed by atoms with Crippen LogP contribution in [0.25, 0.3) is 0 Å². The first-order valence-electron chi connectivity index (χ1n) is 13.6. The molecule has 0 spiro atoms. The molecule has 1 aliphatic carbocycles. The van der Waals surface area contributed by atoms with E-state index in [0.717, 1.165) is 16.4 Å². The molecule has 0 aliphatic heterocycles. The van der Waals surface area contributed by atoms with Gasteiger partial charge in [0.25, 0.3) is 8.32 Å². The molecule has 8 heteroatoms. The van der Waals surface area contributed by atoms with Crippen LogP contribution in [0.4, 0.5) is 13.2 Å². The number of benzene rings is 3. The van der Waals surface area contributed by atoms with Crippen LogP contribution in [0.15, 0.2) is 90.5 Å². The number of ether oxygens (including phenoxy) is 1. The molecule has 3 nitrogen and oxygen atoms in total. The van der Waals surface area contributed by atoms with Crippen LogP contribution >= 0.6 is 11.6 Å². The lowest BCUT2D eigenvalue weighted by Gasteiger charge is -2.45. The van der Waals surface area contributed by atoms with Crippen LogP contribution in [-0.2, 0) is 25.5 Å². The van der Waals surface area contributed by atoms with Crippen LogP contribution in [0.2, 0.25) is 10.1 Å². The number of carbonyl (C=O) groups excluding carboxylic acids is 1. The number of allylic oxidation sites excluding steroid dienone is 1. The lowest BCUT2D eigenvalue weighted by atomic mass is 9.66. The molecule has 0 saturated heterocycles. The number of alkyl halides is 3. The monoisotopic (exact) mass is 600 g/mol. The first-order valence-corrected chi connectivity index (χ1v) is 15.9. The zero-order valence-electron chi connectivity index (χ0n) is 24.0. The quantitative estimate of drug-likeness (QED) is 0.206. The maximum absolute atomic E-state index is 13.8. The molecular weight excluding hydrogens is 565 g/mol. The Bertz CT molecular complexity index is 1360. The van der Waals surface area contributed by atoms with Gasteiger partial charge in [0, 0.05) is 17.6 Å². The maximum Gasteiger partial charge on any atom is 0.417 e. The predicted octanol–water partition coefficient (Wildman–Crippen LogP) is 7.70. The molecule has 0 radical (unpaired) electrons. The van der Waals surface area contributed by atoms with Gasteiger partial charge in [-0.15, -0.1) is 0 Å². The zero-order chi connectivity index (χ0) is 30.1. The highest BCUT2D eigenvalue weighted by Crippen LogP contribution is 2.46. The molecule has 0 N–H and O–H groups in total. The van der Waals surface area contributed by atoms with Crippen LogP contribution in [-0.4, -0.2) is 28.0 Å². The highest BCUT2D eigenvalue weighted by Gasteiger charge is 2.51. The van der Waals surface area contributed by atoms with Crippen molar-refractivity contribution in [2.75, 3.05) is 13.7 Å². The van der Waals surface area contributed by atoms with E-state index >= 15 is 0 Å². The van der Waals surface area contributed by atoms with Crippen LogP contribution in [0.3, 0.4) is 0 Å². The molecule has 0 fully saturated rings. The minimum absolute atomic E-state index is 0.0555. The summed E-state index contributed by atoms with van der Waals surface area (Å²) >= 11 is 5.94. The summed E-state index contributed by atoms with van der Waals surface area (Å²) in [5.41, 5.74) is -1.25. The third kappa shape index (κ3) is 6.03. The summed E-state index contributed by atoms with van der Waals surface area (Å²) in [6, 6.07) is 24.4.